The number of halogens is 1. The predicted octanol–water partition coefficient (Wildman–Crippen LogP) is 3.45. The Balaban J connectivity index is 1.94. The fourth-order valence-electron chi connectivity index (χ4n) is 1.46. The summed E-state index contributed by atoms with van der Waals surface area (Å²) in [5.41, 5.74) is 0.631. The van der Waals surface area contributed by atoms with Gasteiger partial charge in [-0.15, -0.1) is 11.3 Å². The van der Waals surface area contributed by atoms with Crippen LogP contribution in [0.1, 0.15) is 15.2 Å². The second-order valence-electron chi connectivity index (χ2n) is 3.64. The van der Waals surface area contributed by atoms with E-state index in [-0.39, 0.29) is 5.91 Å². The maximum Gasteiger partial charge on any atom is 0.251 e. The van der Waals surface area contributed by atoms with Crippen molar-refractivity contribution in [1.29, 1.82) is 0 Å². The standard InChI is InChI=1S/C13H12BrNO2S/c1-17-11-4-2-9(3-5-11)13(16)15-7-12-6-10(14)8-18-12/h2-6,8H,7H2,1H3,(H,15,16). The molecule has 18 heavy (non-hydrogen) atoms. The van der Waals surface area contributed by atoms with Crippen LogP contribution in [0.4, 0.5) is 0 Å². The minimum Gasteiger partial charge on any atom is -0.497 e. The van der Waals surface area contributed by atoms with E-state index < -0.39 is 0 Å². The van der Waals surface area contributed by atoms with E-state index in [1.165, 1.54) is 0 Å². The summed E-state index contributed by atoms with van der Waals surface area (Å²) in [6.07, 6.45) is 0. The molecular formula is C13H12BrNO2S. The number of hydrogen-bond donors (Lipinski definition) is 1. The fraction of sp³-hybridized carbons (Fsp3) is 0.154. The van der Waals surface area contributed by atoms with Crippen LogP contribution in [-0.2, 0) is 6.54 Å². The smallest absolute Gasteiger partial charge is 0.251 e. The maximum atomic E-state index is 11.9. The summed E-state index contributed by atoms with van der Waals surface area (Å²) in [6, 6.07) is 9.04. The van der Waals surface area contributed by atoms with Gasteiger partial charge in [-0.05, 0) is 46.3 Å². The van der Waals surface area contributed by atoms with E-state index in [9.17, 15) is 4.79 Å². The first-order valence-corrected chi connectivity index (χ1v) is 7.01. The molecule has 3 nitrogen and oxygen atoms in total. The largest absolute Gasteiger partial charge is 0.497 e. The third-order valence-electron chi connectivity index (χ3n) is 2.40. The number of ether oxygens (including phenoxy) is 1. The van der Waals surface area contributed by atoms with E-state index in [2.05, 4.69) is 21.2 Å². The van der Waals surface area contributed by atoms with Crippen LogP contribution >= 0.6 is 27.3 Å². The number of methoxy groups -OCH3 is 1. The Morgan fingerprint density at radius 2 is 2.11 bits per heavy atom. The molecule has 1 heterocycles. The summed E-state index contributed by atoms with van der Waals surface area (Å²) in [6.45, 7) is 0.543. The molecule has 5 heteroatoms. The van der Waals surface area contributed by atoms with Crippen LogP contribution in [0.15, 0.2) is 40.2 Å². The average Bonchev–Trinajstić information content (AvgIpc) is 2.82. The van der Waals surface area contributed by atoms with Crippen LogP contribution in [0.25, 0.3) is 0 Å². The quantitative estimate of drug-likeness (QED) is 0.935. The summed E-state index contributed by atoms with van der Waals surface area (Å²) in [4.78, 5) is 13.0. The van der Waals surface area contributed by atoms with Crippen molar-refractivity contribution in [3.05, 3.63) is 50.6 Å². The molecule has 1 N–H and O–H groups in total. The Labute approximate surface area is 118 Å². The SMILES string of the molecule is COc1ccc(C(=O)NCc2cc(Br)cs2)cc1. The van der Waals surface area contributed by atoms with Crippen LogP contribution in [0.3, 0.4) is 0 Å². The molecule has 0 radical (unpaired) electrons. The number of hydrogen-bond acceptors (Lipinski definition) is 3. The summed E-state index contributed by atoms with van der Waals surface area (Å²) < 4.78 is 6.09. The van der Waals surface area contributed by atoms with Gasteiger partial charge < -0.3 is 10.1 Å². The van der Waals surface area contributed by atoms with E-state index >= 15 is 0 Å². The molecular weight excluding hydrogens is 314 g/mol. The lowest BCUT2D eigenvalue weighted by Gasteiger charge is -2.04. The van der Waals surface area contributed by atoms with Gasteiger partial charge in [-0.3, -0.25) is 4.79 Å². The molecule has 0 saturated heterocycles. The van der Waals surface area contributed by atoms with Gasteiger partial charge in [0, 0.05) is 20.3 Å². The number of benzene rings is 1. The second-order valence-corrected chi connectivity index (χ2v) is 5.55. The van der Waals surface area contributed by atoms with Crippen molar-refractivity contribution in [2.45, 2.75) is 6.54 Å². The topological polar surface area (TPSA) is 38.3 Å². The van der Waals surface area contributed by atoms with Crippen molar-refractivity contribution in [1.82, 2.24) is 5.32 Å². The van der Waals surface area contributed by atoms with Gasteiger partial charge in [0.05, 0.1) is 13.7 Å². The summed E-state index contributed by atoms with van der Waals surface area (Å²) in [7, 11) is 1.60. The van der Waals surface area contributed by atoms with Gasteiger partial charge in [-0.2, -0.15) is 0 Å². The Morgan fingerprint density at radius 3 is 2.67 bits per heavy atom. The highest BCUT2D eigenvalue weighted by Gasteiger charge is 2.06. The first-order chi connectivity index (χ1) is 8.69. The van der Waals surface area contributed by atoms with Crippen LogP contribution in [0, 0.1) is 0 Å². The van der Waals surface area contributed by atoms with Crippen molar-refractivity contribution in [3.63, 3.8) is 0 Å². The molecule has 2 rings (SSSR count). The molecule has 0 atom stereocenters. The van der Waals surface area contributed by atoms with Crippen molar-refractivity contribution in [2.24, 2.45) is 0 Å². The molecule has 2 aromatic rings. The zero-order valence-corrected chi connectivity index (χ0v) is 12.2. The van der Waals surface area contributed by atoms with Gasteiger partial charge in [0.1, 0.15) is 5.75 Å². The van der Waals surface area contributed by atoms with E-state index in [0.717, 1.165) is 15.1 Å². The molecule has 0 aliphatic carbocycles. The maximum absolute atomic E-state index is 11.9. The molecule has 0 bridgehead atoms. The number of thiophene rings is 1. The number of amides is 1. The molecule has 94 valence electrons. The van der Waals surface area contributed by atoms with E-state index in [1.807, 2.05) is 11.4 Å². The molecule has 0 spiro atoms. The van der Waals surface area contributed by atoms with Crippen molar-refractivity contribution in [2.75, 3.05) is 7.11 Å². The lowest BCUT2D eigenvalue weighted by molar-refractivity contribution is 0.0951. The normalized spacial score (nSPS) is 10.1. The van der Waals surface area contributed by atoms with Crippen molar-refractivity contribution in [3.8, 4) is 5.75 Å². The van der Waals surface area contributed by atoms with Gasteiger partial charge in [-0.1, -0.05) is 0 Å². The molecule has 1 aromatic heterocycles. The van der Waals surface area contributed by atoms with Crippen LogP contribution in [0.5, 0.6) is 5.75 Å². The summed E-state index contributed by atoms with van der Waals surface area (Å²) >= 11 is 4.99. The first-order valence-electron chi connectivity index (χ1n) is 5.34. The third kappa shape index (κ3) is 3.34. The molecule has 0 unspecified atom stereocenters. The van der Waals surface area contributed by atoms with Gasteiger partial charge in [-0.25, -0.2) is 0 Å². The third-order valence-corrected chi connectivity index (χ3v) is 4.09. The minimum atomic E-state index is -0.0813. The second kappa shape index (κ2) is 6.02. The molecule has 0 aliphatic heterocycles. The molecule has 1 amide bonds. The minimum absolute atomic E-state index is 0.0813. The van der Waals surface area contributed by atoms with E-state index in [4.69, 9.17) is 4.74 Å². The van der Waals surface area contributed by atoms with E-state index in [1.54, 1.807) is 42.7 Å². The average molecular weight is 326 g/mol. The first kappa shape index (κ1) is 13.1. The van der Waals surface area contributed by atoms with Crippen LogP contribution in [0.2, 0.25) is 0 Å². The Hall–Kier alpha value is -1.33. The van der Waals surface area contributed by atoms with Crippen LogP contribution in [-0.4, -0.2) is 13.0 Å². The predicted molar refractivity (Wildman–Crippen MR) is 76.2 cm³/mol. The zero-order valence-electron chi connectivity index (χ0n) is 9.77. The Kier molecular flexibility index (Phi) is 4.38. The Bertz CT molecular complexity index is 536. The fourth-order valence-corrected chi connectivity index (χ4v) is 2.85. The number of nitrogens with one attached hydrogen (secondary N) is 1. The lowest BCUT2D eigenvalue weighted by Crippen LogP contribution is -2.22. The monoisotopic (exact) mass is 325 g/mol. The number of carbonyl (C=O) groups is 1. The van der Waals surface area contributed by atoms with Gasteiger partial charge >= 0.3 is 0 Å². The summed E-state index contributed by atoms with van der Waals surface area (Å²) in [5.74, 6) is 0.663. The molecule has 1 aromatic carbocycles. The highest BCUT2D eigenvalue weighted by Crippen LogP contribution is 2.19. The van der Waals surface area contributed by atoms with Gasteiger partial charge in [0.2, 0.25) is 0 Å². The van der Waals surface area contributed by atoms with Gasteiger partial charge in [0.25, 0.3) is 5.91 Å². The summed E-state index contributed by atoms with van der Waals surface area (Å²) in [5, 5.41) is 4.87. The lowest BCUT2D eigenvalue weighted by atomic mass is 10.2. The van der Waals surface area contributed by atoms with Crippen molar-refractivity contribution < 1.29 is 9.53 Å². The van der Waals surface area contributed by atoms with E-state index in [0.29, 0.717) is 12.1 Å². The molecule has 0 saturated carbocycles. The van der Waals surface area contributed by atoms with Crippen LogP contribution < -0.4 is 10.1 Å². The highest BCUT2D eigenvalue weighted by molar-refractivity contribution is 9.10. The Morgan fingerprint density at radius 1 is 1.39 bits per heavy atom. The van der Waals surface area contributed by atoms with Crippen molar-refractivity contribution >= 4 is 33.2 Å². The highest BCUT2D eigenvalue weighted by atomic mass is 79.9. The number of rotatable bonds is 4. The zero-order chi connectivity index (χ0) is 13.0. The molecule has 0 fully saturated rings. The van der Waals surface area contributed by atoms with Gasteiger partial charge in [0.15, 0.2) is 0 Å². The molecule has 0 aliphatic rings. The number of carbonyl (C=O) groups excluding carboxylic acids is 1.